The van der Waals surface area contributed by atoms with Crippen LogP contribution < -0.4 is 15.1 Å². The number of hydrazine groups is 2. The summed E-state index contributed by atoms with van der Waals surface area (Å²) >= 11 is 1.73. The molecule has 1 fully saturated rings. The number of furan rings is 1. The highest BCUT2D eigenvalue weighted by atomic mass is 32.1. The molecule has 0 aliphatic carbocycles. The van der Waals surface area contributed by atoms with Crippen LogP contribution in [0.5, 0.6) is 0 Å². The molecule has 0 saturated carbocycles. The van der Waals surface area contributed by atoms with E-state index >= 15 is 0 Å². The van der Waals surface area contributed by atoms with Crippen molar-refractivity contribution in [3.63, 3.8) is 0 Å². The molecule has 1 N–H and O–H groups in total. The third-order valence-electron chi connectivity index (χ3n) is 15.6. The summed E-state index contributed by atoms with van der Waals surface area (Å²) < 4.78 is 7.31. The minimum absolute atomic E-state index is 0.771. The molecule has 3 aromatic heterocycles. The van der Waals surface area contributed by atoms with Crippen LogP contribution in [-0.4, -0.2) is 4.98 Å². The summed E-state index contributed by atoms with van der Waals surface area (Å²) in [6.45, 7) is 0. The first-order valence-corrected chi connectivity index (χ1v) is 26.1. The lowest BCUT2D eigenvalue weighted by Crippen LogP contribution is -2.59. The van der Waals surface area contributed by atoms with Gasteiger partial charge >= 0.3 is 0 Å². The van der Waals surface area contributed by atoms with E-state index in [1.165, 1.54) is 16.2 Å². The zero-order valence-corrected chi connectivity index (χ0v) is 41.0. The second-order valence-electron chi connectivity index (χ2n) is 19.3. The maximum absolute atomic E-state index is 7.31. The predicted molar refractivity (Wildman–Crippen MR) is 309 cm³/mol. The number of thiophene rings is 1. The highest BCUT2D eigenvalue weighted by molar-refractivity contribution is 7.14. The molecule has 15 rings (SSSR count). The lowest BCUT2D eigenvalue weighted by atomic mass is 9.62. The summed E-state index contributed by atoms with van der Waals surface area (Å²) in [4.78, 5) is 4.11. The average Bonchev–Trinajstić information content (AvgIpc) is 4.40. The second-order valence-corrected chi connectivity index (χ2v) is 20.3. The second kappa shape index (κ2) is 16.6. The molecular weight excluding hydrogens is 921 g/mol. The molecule has 1 aliphatic heterocycles. The van der Waals surface area contributed by atoms with Gasteiger partial charge in [-0.3, -0.25) is 0 Å². The van der Waals surface area contributed by atoms with Crippen LogP contribution in [-0.2, 0) is 11.1 Å². The number of H-pyrrole nitrogens is 1. The molecule has 0 amide bonds. The Kier molecular flexibility index (Phi) is 9.50. The predicted octanol–water partition coefficient (Wildman–Crippen LogP) is 17.8. The van der Waals surface area contributed by atoms with E-state index in [9.17, 15) is 0 Å². The Morgan fingerprint density at radius 2 is 1.04 bits per heavy atom. The fourth-order valence-corrected chi connectivity index (χ4v) is 13.4. The molecule has 0 spiro atoms. The van der Waals surface area contributed by atoms with Crippen molar-refractivity contribution in [2.75, 3.05) is 15.1 Å². The van der Waals surface area contributed by atoms with Crippen LogP contribution in [0.1, 0.15) is 22.6 Å². The van der Waals surface area contributed by atoms with Crippen molar-refractivity contribution >= 4 is 92.3 Å². The van der Waals surface area contributed by atoms with Gasteiger partial charge in [-0.2, -0.15) is 5.12 Å². The van der Waals surface area contributed by atoms with Crippen molar-refractivity contribution in [2.45, 2.75) is 11.1 Å². The van der Waals surface area contributed by atoms with Gasteiger partial charge in [-0.15, -0.1) is 11.3 Å². The van der Waals surface area contributed by atoms with Crippen LogP contribution in [0.3, 0.4) is 0 Å². The number of benzene rings is 11. The van der Waals surface area contributed by atoms with E-state index in [2.05, 4.69) is 286 Å². The van der Waals surface area contributed by atoms with Crippen LogP contribution in [0.15, 0.2) is 277 Å². The van der Waals surface area contributed by atoms with E-state index in [0.29, 0.717) is 0 Å². The quantitative estimate of drug-likeness (QED) is 0.122. The number of nitrogens with one attached hydrogen (secondary N) is 1. The first-order chi connectivity index (χ1) is 36.7. The highest BCUT2D eigenvalue weighted by Crippen LogP contribution is 2.67. The number of fused-ring (bicyclic) bond motifs is 7. The maximum Gasteiger partial charge on any atom is 0.182 e. The Balaban J connectivity index is 1.25. The Morgan fingerprint density at radius 3 is 1.84 bits per heavy atom. The van der Waals surface area contributed by atoms with Crippen molar-refractivity contribution in [2.24, 2.45) is 0 Å². The van der Waals surface area contributed by atoms with E-state index in [4.69, 9.17) is 4.42 Å². The lowest BCUT2D eigenvalue weighted by molar-refractivity contribution is 0.297. The molecule has 0 radical (unpaired) electrons. The molecule has 0 bridgehead atoms. The van der Waals surface area contributed by atoms with Crippen molar-refractivity contribution in [3.8, 4) is 11.1 Å². The van der Waals surface area contributed by atoms with Crippen LogP contribution in [0.25, 0.3) is 75.8 Å². The molecule has 1 aliphatic rings. The van der Waals surface area contributed by atoms with E-state index < -0.39 is 11.1 Å². The van der Waals surface area contributed by atoms with Gasteiger partial charge in [-0.05, 0) is 137 Å². The third-order valence-corrected chi connectivity index (χ3v) is 16.4. The largest absolute Gasteiger partial charge is 0.466 e. The lowest BCUT2D eigenvalue weighted by Gasteiger charge is -2.49. The zero-order chi connectivity index (χ0) is 48.8. The number of hydrogen-bond acceptors (Lipinski definition) is 5. The summed E-state index contributed by atoms with van der Waals surface area (Å²) in [6.07, 6.45) is 3.99. The smallest absolute Gasteiger partial charge is 0.182 e. The average molecular weight is 967 g/mol. The summed E-state index contributed by atoms with van der Waals surface area (Å²) in [7, 11) is 0. The fraction of sp³-hybridized carbons (Fsp3) is 0.0294. The minimum atomic E-state index is -1.28. The standard InChI is InChI=1S/C68H46N4OS/c1-2-18-48(19-3-1)57-39-40-69-66(57)67(54-37-35-46-17-4-5-23-51(46)44-54)68(64-33-15-41-73-64,61-30-12-25-47-20-9-11-28-56(47)61)71(65-34-16-42-74-65)72(63-32-14-29-58-55-27-10-8-21-49(55)36-38-59(58)63)70(67)62-31-13-26-53-43-50-22-6-7-24-52(50)45-60(53)62/h1-45,69H. The van der Waals surface area contributed by atoms with Gasteiger partial charge in [0.1, 0.15) is 10.8 Å². The third kappa shape index (κ3) is 5.97. The number of hydrogen-bond donors (Lipinski definition) is 1. The molecular formula is C68H46N4OS. The number of aromatic amines is 1. The van der Waals surface area contributed by atoms with Gasteiger partial charge in [0.2, 0.25) is 0 Å². The molecule has 6 heteroatoms. The van der Waals surface area contributed by atoms with E-state index in [0.717, 1.165) is 98.6 Å². The molecule has 5 nitrogen and oxygen atoms in total. The Bertz CT molecular complexity index is 4430. The van der Waals surface area contributed by atoms with Gasteiger partial charge in [-0.1, -0.05) is 194 Å². The van der Waals surface area contributed by atoms with Gasteiger partial charge in [0, 0.05) is 22.5 Å². The first kappa shape index (κ1) is 42.3. The molecule has 350 valence electrons. The van der Waals surface area contributed by atoms with Crippen molar-refractivity contribution in [1.82, 2.24) is 4.98 Å². The Hall–Kier alpha value is -9.36. The van der Waals surface area contributed by atoms with Crippen molar-refractivity contribution < 1.29 is 4.42 Å². The molecule has 14 aromatic rings. The molecule has 2 atom stereocenters. The van der Waals surface area contributed by atoms with Crippen LogP contribution in [0.4, 0.5) is 16.4 Å². The van der Waals surface area contributed by atoms with Crippen molar-refractivity contribution in [1.29, 1.82) is 0 Å². The monoisotopic (exact) mass is 966 g/mol. The maximum atomic E-state index is 7.31. The number of rotatable bonds is 8. The summed E-state index contributed by atoms with van der Waals surface area (Å²) in [5, 5.41) is 24.8. The first-order valence-electron chi connectivity index (χ1n) is 25.2. The SMILES string of the molecule is c1ccc(-c2cc[nH]c2C2(c3ccc4ccccc4c3)N(c3cccc4cc5ccccc5cc34)N(c3cccc4c3ccc3ccccc34)N(c3cccs3)C2(c2ccco2)c2cccc3ccccc23)cc1. The Morgan fingerprint density at radius 1 is 0.392 bits per heavy atom. The van der Waals surface area contributed by atoms with Gasteiger partial charge in [0.05, 0.1) is 23.3 Å². The number of nitrogens with zero attached hydrogens (tertiary/aromatic N) is 3. The molecule has 74 heavy (non-hydrogen) atoms. The minimum Gasteiger partial charge on any atom is -0.466 e. The highest BCUT2D eigenvalue weighted by Gasteiger charge is 2.74. The zero-order valence-electron chi connectivity index (χ0n) is 40.1. The van der Waals surface area contributed by atoms with Crippen LogP contribution >= 0.6 is 11.3 Å². The Labute approximate surface area is 432 Å². The normalized spacial score (nSPS) is 16.9. The fourth-order valence-electron chi connectivity index (χ4n) is 12.6. The van der Waals surface area contributed by atoms with Gasteiger partial charge in [0.25, 0.3) is 0 Å². The summed E-state index contributed by atoms with van der Waals surface area (Å²) in [6, 6.07) is 93.9. The topological polar surface area (TPSA) is 38.7 Å². The van der Waals surface area contributed by atoms with Crippen LogP contribution in [0, 0.1) is 0 Å². The number of aromatic nitrogens is 1. The molecule has 11 aromatic carbocycles. The van der Waals surface area contributed by atoms with Gasteiger partial charge in [-0.25, -0.2) is 10.0 Å². The molecule has 2 unspecified atom stereocenters. The summed E-state index contributed by atoms with van der Waals surface area (Å²) in [5.74, 6) is 0.771. The molecule has 1 saturated heterocycles. The van der Waals surface area contributed by atoms with Gasteiger partial charge < -0.3 is 9.40 Å². The van der Waals surface area contributed by atoms with Gasteiger partial charge in [0.15, 0.2) is 11.1 Å². The van der Waals surface area contributed by atoms with E-state index in [1.54, 1.807) is 11.3 Å². The van der Waals surface area contributed by atoms with E-state index in [-0.39, 0.29) is 0 Å². The molecule has 4 heterocycles. The van der Waals surface area contributed by atoms with Crippen LogP contribution in [0.2, 0.25) is 0 Å². The van der Waals surface area contributed by atoms with E-state index in [1.807, 2.05) is 6.26 Å². The van der Waals surface area contributed by atoms with Crippen molar-refractivity contribution in [3.05, 3.63) is 295 Å². The number of anilines is 3. The summed E-state index contributed by atoms with van der Waals surface area (Å²) in [5.41, 5.74) is 4.76.